The van der Waals surface area contributed by atoms with Gasteiger partial charge in [0.2, 0.25) is 0 Å². The van der Waals surface area contributed by atoms with Crippen LogP contribution in [0.5, 0.6) is 0 Å². The highest BCUT2D eigenvalue weighted by molar-refractivity contribution is 5.22. The minimum absolute atomic E-state index is 0.0855. The number of rotatable bonds is 1. The molecule has 0 radical (unpaired) electrons. The zero-order valence-corrected chi connectivity index (χ0v) is 7.49. The van der Waals surface area contributed by atoms with Crippen molar-refractivity contribution in [3.63, 3.8) is 0 Å². The van der Waals surface area contributed by atoms with Gasteiger partial charge in [0, 0.05) is 12.2 Å². The minimum atomic E-state index is -4.27. The molecule has 0 amide bonds. The first-order valence-corrected chi connectivity index (χ1v) is 4.56. The van der Waals surface area contributed by atoms with Gasteiger partial charge in [-0.25, -0.2) is 0 Å². The van der Waals surface area contributed by atoms with E-state index < -0.39 is 11.9 Å². The lowest BCUT2D eigenvalue weighted by molar-refractivity contribution is -0.140. The van der Waals surface area contributed by atoms with Crippen molar-refractivity contribution in [2.75, 3.05) is 6.54 Å². The quantitative estimate of drug-likeness (QED) is 0.722. The number of hydrogen-bond donors (Lipinski definition) is 2. The van der Waals surface area contributed by atoms with Crippen LogP contribution in [0.2, 0.25) is 0 Å². The van der Waals surface area contributed by atoms with Gasteiger partial charge in [0.1, 0.15) is 5.69 Å². The molecule has 1 fully saturated rings. The molecule has 2 N–H and O–H groups in total. The van der Waals surface area contributed by atoms with Crippen molar-refractivity contribution in [2.24, 2.45) is 0 Å². The number of aromatic amines is 1. The van der Waals surface area contributed by atoms with Crippen molar-refractivity contribution >= 4 is 0 Å². The molecule has 14 heavy (non-hydrogen) atoms. The smallest absolute Gasteiger partial charge is 0.357 e. The first-order valence-electron chi connectivity index (χ1n) is 4.56. The van der Waals surface area contributed by atoms with E-state index >= 15 is 0 Å². The van der Waals surface area contributed by atoms with Crippen LogP contribution >= 0.6 is 0 Å². The van der Waals surface area contributed by atoms with Crippen LogP contribution in [-0.2, 0) is 6.18 Å². The van der Waals surface area contributed by atoms with Crippen molar-refractivity contribution in [3.05, 3.63) is 23.5 Å². The predicted octanol–water partition coefficient (Wildman–Crippen LogP) is 2.46. The summed E-state index contributed by atoms with van der Waals surface area (Å²) < 4.78 is 36.7. The first-order chi connectivity index (χ1) is 6.57. The fraction of sp³-hybridized carbons (Fsp3) is 0.556. The van der Waals surface area contributed by atoms with Crippen LogP contribution in [0.3, 0.4) is 0 Å². The van der Waals surface area contributed by atoms with E-state index in [0.29, 0.717) is 5.56 Å². The molecular weight excluding hydrogens is 193 g/mol. The average molecular weight is 204 g/mol. The summed E-state index contributed by atoms with van der Waals surface area (Å²) in [5, 5.41) is 3.15. The number of H-pyrrole nitrogens is 1. The van der Waals surface area contributed by atoms with Crippen LogP contribution in [0.15, 0.2) is 12.3 Å². The predicted molar refractivity (Wildman–Crippen MR) is 45.8 cm³/mol. The summed E-state index contributed by atoms with van der Waals surface area (Å²) in [7, 11) is 0. The first kappa shape index (κ1) is 9.58. The Morgan fingerprint density at radius 1 is 1.36 bits per heavy atom. The maximum Gasteiger partial charge on any atom is 0.431 e. The molecule has 1 aromatic heterocycles. The molecular formula is C9H11F3N2. The molecule has 1 atom stereocenters. The third-order valence-corrected chi connectivity index (χ3v) is 2.47. The second-order valence-corrected chi connectivity index (χ2v) is 3.49. The number of aromatic nitrogens is 1. The van der Waals surface area contributed by atoms with Gasteiger partial charge in [-0.05, 0) is 31.0 Å². The van der Waals surface area contributed by atoms with E-state index in [1.165, 1.54) is 12.3 Å². The van der Waals surface area contributed by atoms with Crippen LogP contribution < -0.4 is 5.32 Å². The molecule has 0 bridgehead atoms. The molecule has 78 valence electrons. The molecule has 1 aromatic rings. The van der Waals surface area contributed by atoms with Gasteiger partial charge in [0.15, 0.2) is 0 Å². The Morgan fingerprint density at radius 2 is 2.14 bits per heavy atom. The Bertz CT molecular complexity index is 310. The molecule has 2 nitrogen and oxygen atoms in total. The topological polar surface area (TPSA) is 27.8 Å². The highest BCUT2D eigenvalue weighted by atomic mass is 19.4. The number of halogens is 3. The van der Waals surface area contributed by atoms with Crippen molar-refractivity contribution in [1.82, 2.24) is 10.3 Å². The van der Waals surface area contributed by atoms with Gasteiger partial charge in [-0.1, -0.05) is 0 Å². The van der Waals surface area contributed by atoms with Crippen molar-refractivity contribution in [3.8, 4) is 0 Å². The summed E-state index contributed by atoms with van der Waals surface area (Å²) >= 11 is 0. The van der Waals surface area contributed by atoms with E-state index in [-0.39, 0.29) is 6.04 Å². The van der Waals surface area contributed by atoms with Gasteiger partial charge >= 0.3 is 6.18 Å². The molecule has 0 unspecified atom stereocenters. The van der Waals surface area contributed by atoms with Gasteiger partial charge in [0.05, 0.1) is 0 Å². The Kier molecular flexibility index (Phi) is 2.26. The lowest BCUT2D eigenvalue weighted by atomic mass is 10.1. The molecule has 1 aliphatic rings. The van der Waals surface area contributed by atoms with E-state index in [0.717, 1.165) is 19.4 Å². The van der Waals surface area contributed by atoms with E-state index in [2.05, 4.69) is 10.3 Å². The van der Waals surface area contributed by atoms with Crippen molar-refractivity contribution in [2.45, 2.75) is 25.1 Å². The maximum absolute atomic E-state index is 12.2. The Hall–Kier alpha value is -0.970. The SMILES string of the molecule is FC(F)(F)c1cc([C@@H]2CCCN2)c[nH]1. The van der Waals surface area contributed by atoms with E-state index in [1.807, 2.05) is 0 Å². The van der Waals surface area contributed by atoms with E-state index in [1.54, 1.807) is 0 Å². The van der Waals surface area contributed by atoms with Crippen molar-refractivity contribution in [1.29, 1.82) is 0 Å². The molecule has 0 aliphatic carbocycles. The monoisotopic (exact) mass is 204 g/mol. The Balaban J connectivity index is 2.17. The largest absolute Gasteiger partial charge is 0.431 e. The number of hydrogen-bond acceptors (Lipinski definition) is 1. The minimum Gasteiger partial charge on any atom is -0.357 e. The van der Waals surface area contributed by atoms with Crippen LogP contribution in [-0.4, -0.2) is 11.5 Å². The lowest BCUT2D eigenvalue weighted by Crippen LogP contribution is -2.12. The normalized spacial score (nSPS) is 22.9. The third-order valence-electron chi connectivity index (χ3n) is 2.47. The summed E-state index contributed by atoms with van der Waals surface area (Å²) in [4.78, 5) is 2.26. The number of nitrogens with one attached hydrogen (secondary N) is 2. The van der Waals surface area contributed by atoms with Crippen LogP contribution in [0, 0.1) is 0 Å². The lowest BCUT2D eigenvalue weighted by Gasteiger charge is -2.06. The van der Waals surface area contributed by atoms with Gasteiger partial charge < -0.3 is 10.3 Å². The van der Waals surface area contributed by atoms with Crippen molar-refractivity contribution < 1.29 is 13.2 Å². The standard InChI is InChI=1S/C9H11F3N2/c10-9(11,12)8-4-6(5-14-8)7-2-1-3-13-7/h4-5,7,13-14H,1-3H2/t7-/m0/s1. The zero-order valence-electron chi connectivity index (χ0n) is 7.49. The van der Waals surface area contributed by atoms with Gasteiger partial charge in [0.25, 0.3) is 0 Å². The maximum atomic E-state index is 12.2. The highest BCUT2D eigenvalue weighted by Crippen LogP contribution is 2.31. The molecule has 0 saturated carbocycles. The fourth-order valence-corrected chi connectivity index (χ4v) is 1.74. The molecule has 5 heteroatoms. The molecule has 1 saturated heterocycles. The van der Waals surface area contributed by atoms with E-state index in [9.17, 15) is 13.2 Å². The summed E-state index contributed by atoms with van der Waals surface area (Å²) in [6, 6.07) is 1.27. The Labute approximate surface area is 79.5 Å². The summed E-state index contributed by atoms with van der Waals surface area (Å²) in [6.45, 7) is 0.886. The average Bonchev–Trinajstić information content (AvgIpc) is 2.73. The summed E-state index contributed by atoms with van der Waals surface area (Å²) in [5.74, 6) is 0. The molecule has 0 aromatic carbocycles. The highest BCUT2D eigenvalue weighted by Gasteiger charge is 2.33. The molecule has 2 rings (SSSR count). The second-order valence-electron chi connectivity index (χ2n) is 3.49. The number of alkyl halides is 3. The molecule has 1 aliphatic heterocycles. The summed E-state index contributed by atoms with van der Waals surface area (Å²) in [6.07, 6.45) is -0.894. The zero-order chi connectivity index (χ0) is 10.2. The molecule has 0 spiro atoms. The summed E-state index contributed by atoms with van der Waals surface area (Å²) in [5.41, 5.74) is 0.0380. The van der Waals surface area contributed by atoms with E-state index in [4.69, 9.17) is 0 Å². The Morgan fingerprint density at radius 3 is 2.64 bits per heavy atom. The van der Waals surface area contributed by atoms with Gasteiger partial charge in [-0.3, -0.25) is 0 Å². The van der Waals surface area contributed by atoms with Gasteiger partial charge in [-0.15, -0.1) is 0 Å². The third kappa shape index (κ3) is 1.77. The fourth-order valence-electron chi connectivity index (χ4n) is 1.74. The van der Waals surface area contributed by atoms with Crippen LogP contribution in [0.4, 0.5) is 13.2 Å². The van der Waals surface area contributed by atoms with Crippen LogP contribution in [0.1, 0.15) is 30.1 Å². The van der Waals surface area contributed by atoms with Crippen LogP contribution in [0.25, 0.3) is 0 Å². The second kappa shape index (κ2) is 3.31. The molecule has 2 heterocycles. The van der Waals surface area contributed by atoms with Gasteiger partial charge in [-0.2, -0.15) is 13.2 Å².